The van der Waals surface area contributed by atoms with Gasteiger partial charge in [0.1, 0.15) is 17.3 Å². The number of H-pyrrole nitrogens is 1. The van der Waals surface area contributed by atoms with Crippen molar-refractivity contribution in [1.29, 1.82) is 0 Å². The molecule has 4 rings (SSSR count). The molecule has 1 aromatic heterocycles. The van der Waals surface area contributed by atoms with Crippen LogP contribution in [0.5, 0.6) is 5.75 Å². The van der Waals surface area contributed by atoms with Crippen LogP contribution in [-0.2, 0) is 39.8 Å². The summed E-state index contributed by atoms with van der Waals surface area (Å²) in [6.07, 6.45) is -3.60. The maximum absolute atomic E-state index is 13.6. The summed E-state index contributed by atoms with van der Waals surface area (Å²) in [5, 5.41) is 16.0. The topological polar surface area (TPSA) is 121 Å². The van der Waals surface area contributed by atoms with E-state index in [1.165, 1.54) is 12.1 Å². The highest BCUT2D eigenvalue weighted by molar-refractivity contribution is 5.94. The van der Waals surface area contributed by atoms with Crippen molar-refractivity contribution in [3.63, 3.8) is 0 Å². The van der Waals surface area contributed by atoms with Crippen LogP contribution >= 0.6 is 0 Å². The number of alkyl halides is 3. The summed E-state index contributed by atoms with van der Waals surface area (Å²) in [4.78, 5) is 41.9. The molecule has 220 valence electrons. The Morgan fingerprint density at radius 3 is 2.56 bits per heavy atom. The van der Waals surface area contributed by atoms with Crippen LogP contribution in [0.1, 0.15) is 55.5 Å². The number of aryl methyl sites for hydroxylation is 2. The van der Waals surface area contributed by atoms with Crippen LogP contribution < -0.4 is 15.4 Å². The Morgan fingerprint density at radius 1 is 1.17 bits per heavy atom. The van der Waals surface area contributed by atoms with Gasteiger partial charge < -0.3 is 25.5 Å². The second-order valence-corrected chi connectivity index (χ2v) is 10.6. The zero-order valence-corrected chi connectivity index (χ0v) is 23.2. The first kappa shape index (κ1) is 30.0. The number of hydrogen-bond acceptors (Lipinski definition) is 4. The van der Waals surface area contributed by atoms with Crippen molar-refractivity contribution < 1.29 is 37.4 Å². The molecule has 3 aromatic rings. The van der Waals surface area contributed by atoms with Crippen molar-refractivity contribution in [2.24, 2.45) is 5.92 Å². The van der Waals surface area contributed by atoms with Gasteiger partial charge in [-0.05, 0) is 54.5 Å². The lowest BCUT2D eigenvalue weighted by Crippen LogP contribution is -2.62. The van der Waals surface area contributed by atoms with Crippen molar-refractivity contribution in [2.45, 2.75) is 70.1 Å². The second-order valence-electron chi connectivity index (χ2n) is 10.6. The molecule has 0 saturated heterocycles. The number of carbonyl (C=O) groups is 3. The Balaban J connectivity index is 1.54. The number of ether oxygens (including phenoxy) is 1. The van der Waals surface area contributed by atoms with Crippen molar-refractivity contribution in [3.8, 4) is 5.75 Å². The van der Waals surface area contributed by atoms with Crippen molar-refractivity contribution in [1.82, 2.24) is 15.6 Å². The van der Waals surface area contributed by atoms with Gasteiger partial charge in [0.05, 0.1) is 18.2 Å². The molecule has 0 saturated carbocycles. The number of fused-ring (bicyclic) bond motifs is 3. The highest BCUT2D eigenvalue weighted by Gasteiger charge is 2.46. The minimum atomic E-state index is -4.58. The molecule has 1 aliphatic carbocycles. The number of carbonyl (C=O) groups excluding carboxylic acids is 2. The molecule has 3 atom stereocenters. The molecule has 2 amide bonds. The van der Waals surface area contributed by atoms with Crippen LogP contribution in [0.25, 0.3) is 10.9 Å². The van der Waals surface area contributed by atoms with Crippen molar-refractivity contribution >= 4 is 28.7 Å². The van der Waals surface area contributed by atoms with Gasteiger partial charge in [0.2, 0.25) is 11.8 Å². The summed E-state index contributed by atoms with van der Waals surface area (Å²) in [7, 11) is 1.55. The molecule has 2 unspecified atom stereocenters. The van der Waals surface area contributed by atoms with E-state index in [0.29, 0.717) is 29.8 Å². The van der Waals surface area contributed by atoms with E-state index in [-0.39, 0.29) is 48.4 Å². The monoisotopic (exact) mass is 573 g/mol. The fourth-order valence-electron chi connectivity index (χ4n) is 5.40. The summed E-state index contributed by atoms with van der Waals surface area (Å²) < 4.78 is 46.0. The fraction of sp³-hybridized carbons (Fsp3) is 0.433. The number of amides is 2. The summed E-state index contributed by atoms with van der Waals surface area (Å²) in [6, 6.07) is 10.1. The summed E-state index contributed by atoms with van der Waals surface area (Å²) in [5.74, 6) is -1.93. The number of benzene rings is 2. The minimum absolute atomic E-state index is 0.0216. The SMILES string of the molecule is CCC(C)C(NC(=O)CCc1cccc(OC)c1)C(=O)N[C@]1(C(=O)O)CCc2[nH]c3c(C(F)(F)F)cccc3c2C1. The van der Waals surface area contributed by atoms with Gasteiger partial charge in [0.15, 0.2) is 0 Å². The number of aromatic nitrogens is 1. The Hall–Kier alpha value is -4.02. The van der Waals surface area contributed by atoms with Gasteiger partial charge in [-0.1, -0.05) is 44.5 Å². The Labute approximate surface area is 235 Å². The van der Waals surface area contributed by atoms with Crippen LogP contribution in [0.15, 0.2) is 42.5 Å². The molecule has 1 heterocycles. The van der Waals surface area contributed by atoms with Gasteiger partial charge >= 0.3 is 12.1 Å². The minimum Gasteiger partial charge on any atom is -0.497 e. The summed E-state index contributed by atoms with van der Waals surface area (Å²) in [5.41, 5.74) is -0.833. The number of aromatic amines is 1. The number of nitrogens with one attached hydrogen (secondary N) is 3. The van der Waals surface area contributed by atoms with Crippen LogP contribution in [-0.4, -0.2) is 46.6 Å². The number of aliphatic carboxylic acids is 1. The number of para-hydroxylation sites is 1. The Morgan fingerprint density at radius 2 is 1.90 bits per heavy atom. The molecule has 1 aliphatic rings. The lowest BCUT2D eigenvalue weighted by atomic mass is 9.79. The van der Waals surface area contributed by atoms with Crippen LogP contribution in [0.4, 0.5) is 13.2 Å². The largest absolute Gasteiger partial charge is 0.497 e. The predicted octanol–water partition coefficient (Wildman–Crippen LogP) is 4.79. The van der Waals surface area contributed by atoms with E-state index < -0.39 is 35.2 Å². The summed E-state index contributed by atoms with van der Waals surface area (Å²) >= 11 is 0. The number of hydrogen-bond donors (Lipinski definition) is 4. The van der Waals surface area contributed by atoms with Crippen LogP contribution in [0.3, 0.4) is 0 Å². The summed E-state index contributed by atoms with van der Waals surface area (Å²) in [6.45, 7) is 3.65. The number of methoxy groups -OCH3 is 1. The van der Waals surface area contributed by atoms with Gasteiger partial charge in [0, 0.05) is 23.9 Å². The second kappa shape index (κ2) is 11.8. The third-order valence-electron chi connectivity index (χ3n) is 7.97. The van der Waals surface area contributed by atoms with Crippen molar-refractivity contribution in [3.05, 3.63) is 64.8 Å². The normalized spacial score (nSPS) is 18.3. The molecule has 0 aliphatic heterocycles. The smallest absolute Gasteiger partial charge is 0.418 e. The van der Waals surface area contributed by atoms with Gasteiger partial charge in [0.25, 0.3) is 0 Å². The third-order valence-corrected chi connectivity index (χ3v) is 7.97. The van der Waals surface area contributed by atoms with E-state index in [1.807, 2.05) is 25.1 Å². The quantitative estimate of drug-likeness (QED) is 0.278. The van der Waals surface area contributed by atoms with Gasteiger partial charge in [-0.25, -0.2) is 4.79 Å². The van der Waals surface area contributed by atoms with E-state index >= 15 is 0 Å². The van der Waals surface area contributed by atoms with E-state index in [4.69, 9.17) is 4.74 Å². The average molecular weight is 574 g/mol. The number of halogens is 3. The molecule has 11 heteroatoms. The molecule has 8 nitrogen and oxygen atoms in total. The first-order valence-corrected chi connectivity index (χ1v) is 13.6. The lowest BCUT2D eigenvalue weighted by molar-refractivity contribution is -0.149. The Kier molecular flexibility index (Phi) is 8.65. The maximum Gasteiger partial charge on any atom is 0.418 e. The van der Waals surface area contributed by atoms with E-state index in [0.717, 1.165) is 11.6 Å². The molecule has 0 spiro atoms. The third kappa shape index (κ3) is 6.34. The van der Waals surface area contributed by atoms with Gasteiger partial charge in [-0.15, -0.1) is 0 Å². The van der Waals surface area contributed by atoms with Gasteiger partial charge in [-0.3, -0.25) is 9.59 Å². The first-order valence-electron chi connectivity index (χ1n) is 13.6. The zero-order chi connectivity index (χ0) is 29.9. The predicted molar refractivity (Wildman–Crippen MR) is 147 cm³/mol. The standard InChI is InChI=1S/C30H34F3N3O5/c1-4-17(2)25(35-24(37)12-11-18-7-5-8-19(15-18)41-3)27(38)36-29(28(39)40)14-13-23-21(16-29)20-9-6-10-22(26(20)34-23)30(31,32)33/h5-10,15,17,25,34H,4,11-14,16H2,1-3H3,(H,35,37)(H,36,38)(H,39,40)/t17?,25?,29-/m1/s1. The van der Waals surface area contributed by atoms with Crippen LogP contribution in [0.2, 0.25) is 0 Å². The van der Waals surface area contributed by atoms with E-state index in [1.54, 1.807) is 20.1 Å². The molecule has 0 radical (unpaired) electrons. The molecule has 0 fully saturated rings. The number of rotatable bonds is 10. The highest BCUT2D eigenvalue weighted by atomic mass is 19.4. The first-order chi connectivity index (χ1) is 19.4. The molecule has 4 N–H and O–H groups in total. The molecular weight excluding hydrogens is 539 g/mol. The number of carboxylic acids is 1. The van der Waals surface area contributed by atoms with Crippen LogP contribution in [0, 0.1) is 5.92 Å². The lowest BCUT2D eigenvalue weighted by Gasteiger charge is -2.36. The van der Waals surface area contributed by atoms with E-state index in [2.05, 4.69) is 15.6 Å². The Bertz CT molecular complexity index is 1450. The zero-order valence-electron chi connectivity index (χ0n) is 23.2. The molecule has 41 heavy (non-hydrogen) atoms. The number of carboxylic acid groups (broad SMARTS) is 1. The average Bonchev–Trinajstić information content (AvgIpc) is 3.31. The van der Waals surface area contributed by atoms with Crippen molar-refractivity contribution in [2.75, 3.05) is 7.11 Å². The fourth-order valence-corrected chi connectivity index (χ4v) is 5.40. The molecular formula is C30H34F3N3O5. The van der Waals surface area contributed by atoms with Gasteiger partial charge in [-0.2, -0.15) is 13.2 Å². The highest BCUT2D eigenvalue weighted by Crippen LogP contribution is 2.40. The molecule has 2 aromatic carbocycles. The molecule has 0 bridgehead atoms. The van der Waals surface area contributed by atoms with E-state index in [9.17, 15) is 32.7 Å². The maximum atomic E-state index is 13.6.